The van der Waals surface area contributed by atoms with Crippen LogP contribution >= 0.6 is 0 Å². The summed E-state index contributed by atoms with van der Waals surface area (Å²) in [5, 5.41) is 1.48. The zero-order valence-electron chi connectivity index (χ0n) is 11.8. The lowest BCUT2D eigenvalue weighted by Gasteiger charge is -2.18. The van der Waals surface area contributed by atoms with Crippen molar-refractivity contribution in [1.82, 2.24) is 5.06 Å². The van der Waals surface area contributed by atoms with Crippen LogP contribution in [0.2, 0.25) is 0 Å². The van der Waals surface area contributed by atoms with Crippen molar-refractivity contribution in [3.8, 4) is 0 Å². The van der Waals surface area contributed by atoms with Gasteiger partial charge >= 0.3 is 0 Å². The minimum atomic E-state index is 0.128. The van der Waals surface area contributed by atoms with Crippen LogP contribution in [0.25, 0.3) is 0 Å². The molecule has 0 atom stereocenters. The summed E-state index contributed by atoms with van der Waals surface area (Å²) in [6.45, 7) is 7.29. The maximum atomic E-state index is 11.7. The number of rotatable bonds is 11. The highest BCUT2D eigenvalue weighted by Gasteiger charge is 2.10. The van der Waals surface area contributed by atoms with Crippen LogP contribution in [0.15, 0.2) is 0 Å². The van der Waals surface area contributed by atoms with Gasteiger partial charge in [-0.15, -0.1) is 0 Å². The summed E-state index contributed by atoms with van der Waals surface area (Å²) in [7, 11) is 0. The first kappa shape index (κ1) is 16.4. The molecule has 0 heterocycles. The third-order valence-corrected chi connectivity index (χ3v) is 2.84. The van der Waals surface area contributed by atoms with Crippen molar-refractivity contribution in [2.45, 2.75) is 72.1 Å². The molecule has 0 fully saturated rings. The summed E-state index contributed by atoms with van der Waals surface area (Å²) < 4.78 is 0. The molecule has 0 aromatic carbocycles. The number of hydrogen-bond donors (Lipinski definition) is 0. The van der Waals surface area contributed by atoms with E-state index in [-0.39, 0.29) is 5.91 Å². The zero-order valence-corrected chi connectivity index (χ0v) is 11.8. The van der Waals surface area contributed by atoms with Crippen LogP contribution in [0.3, 0.4) is 0 Å². The van der Waals surface area contributed by atoms with Gasteiger partial charge in [-0.1, -0.05) is 45.4 Å². The molecular weight excluding hydrogens is 214 g/mol. The van der Waals surface area contributed by atoms with Crippen LogP contribution in [0.5, 0.6) is 0 Å². The van der Waals surface area contributed by atoms with E-state index in [1.807, 2.05) is 13.8 Å². The highest BCUT2D eigenvalue weighted by Crippen LogP contribution is 2.09. The number of unbranched alkanes of at least 4 members (excludes halogenated alkanes) is 6. The van der Waals surface area contributed by atoms with E-state index >= 15 is 0 Å². The van der Waals surface area contributed by atoms with Crippen LogP contribution in [-0.4, -0.2) is 24.1 Å². The fourth-order valence-corrected chi connectivity index (χ4v) is 1.85. The molecule has 0 saturated heterocycles. The SMILES string of the molecule is CCCCCCCCCC(=O)N(CC)OCC. The van der Waals surface area contributed by atoms with Gasteiger partial charge in [0.1, 0.15) is 0 Å². The fraction of sp³-hybridized carbons (Fsp3) is 0.929. The number of carbonyl (C=O) groups excluding carboxylic acids is 1. The summed E-state index contributed by atoms with van der Waals surface area (Å²) >= 11 is 0. The van der Waals surface area contributed by atoms with E-state index in [9.17, 15) is 4.79 Å². The van der Waals surface area contributed by atoms with Gasteiger partial charge in [0, 0.05) is 13.0 Å². The molecule has 0 unspecified atom stereocenters. The molecule has 0 aromatic rings. The molecular formula is C14H29NO2. The lowest BCUT2D eigenvalue weighted by Crippen LogP contribution is -2.30. The molecule has 0 aliphatic rings. The van der Waals surface area contributed by atoms with Crippen molar-refractivity contribution in [3.63, 3.8) is 0 Å². The molecule has 0 spiro atoms. The number of hydroxylamine groups is 2. The maximum absolute atomic E-state index is 11.7. The first-order chi connectivity index (χ1) is 8.26. The Hall–Kier alpha value is -0.570. The average Bonchev–Trinajstić information content (AvgIpc) is 2.34. The Morgan fingerprint density at radius 3 is 2.06 bits per heavy atom. The quantitative estimate of drug-likeness (QED) is 0.406. The molecule has 1 amide bonds. The Morgan fingerprint density at radius 1 is 0.941 bits per heavy atom. The van der Waals surface area contributed by atoms with Crippen LogP contribution in [-0.2, 0) is 9.63 Å². The number of hydrogen-bond acceptors (Lipinski definition) is 2. The summed E-state index contributed by atoms with van der Waals surface area (Å²) in [6, 6.07) is 0. The molecule has 0 N–H and O–H groups in total. The molecule has 0 rings (SSSR count). The Kier molecular flexibility index (Phi) is 11.5. The molecule has 0 saturated carbocycles. The van der Waals surface area contributed by atoms with Crippen LogP contribution in [0, 0.1) is 0 Å². The molecule has 3 heteroatoms. The molecule has 17 heavy (non-hydrogen) atoms. The Bertz CT molecular complexity index is 183. The normalized spacial score (nSPS) is 10.5. The van der Waals surface area contributed by atoms with Crippen molar-refractivity contribution in [3.05, 3.63) is 0 Å². The first-order valence-electron chi connectivity index (χ1n) is 7.19. The van der Waals surface area contributed by atoms with E-state index in [1.54, 1.807) is 0 Å². The fourth-order valence-electron chi connectivity index (χ4n) is 1.85. The standard InChI is InChI=1S/C14H29NO2/c1-4-7-8-9-10-11-12-13-14(16)15(5-2)17-6-3/h4-13H2,1-3H3. The van der Waals surface area contributed by atoms with Crippen molar-refractivity contribution in [1.29, 1.82) is 0 Å². The number of nitrogens with zero attached hydrogens (tertiary/aromatic N) is 1. The van der Waals surface area contributed by atoms with Gasteiger partial charge in [0.25, 0.3) is 0 Å². The largest absolute Gasteiger partial charge is 0.273 e. The average molecular weight is 243 g/mol. The van der Waals surface area contributed by atoms with E-state index < -0.39 is 0 Å². The molecule has 102 valence electrons. The number of amides is 1. The summed E-state index contributed by atoms with van der Waals surface area (Å²) in [5.74, 6) is 0.128. The predicted molar refractivity (Wildman–Crippen MR) is 71.6 cm³/mol. The molecule has 3 nitrogen and oxygen atoms in total. The lowest BCUT2D eigenvalue weighted by atomic mass is 10.1. The highest BCUT2D eigenvalue weighted by molar-refractivity contribution is 5.74. The first-order valence-corrected chi connectivity index (χ1v) is 7.19. The minimum absolute atomic E-state index is 0.128. The Balaban J connectivity index is 3.43. The van der Waals surface area contributed by atoms with Gasteiger partial charge < -0.3 is 0 Å². The topological polar surface area (TPSA) is 29.5 Å². The molecule has 0 bridgehead atoms. The summed E-state index contributed by atoms with van der Waals surface area (Å²) in [4.78, 5) is 16.9. The predicted octanol–water partition coefficient (Wildman–Crippen LogP) is 3.93. The van der Waals surface area contributed by atoms with Gasteiger partial charge in [0.15, 0.2) is 0 Å². The second kappa shape index (κ2) is 11.9. The Labute approximate surface area is 106 Å². The minimum Gasteiger partial charge on any atom is -0.273 e. The van der Waals surface area contributed by atoms with Crippen LogP contribution < -0.4 is 0 Å². The van der Waals surface area contributed by atoms with Gasteiger partial charge in [-0.3, -0.25) is 9.63 Å². The maximum Gasteiger partial charge on any atom is 0.246 e. The summed E-state index contributed by atoms with van der Waals surface area (Å²) in [6.07, 6.45) is 9.32. The third-order valence-electron chi connectivity index (χ3n) is 2.84. The Morgan fingerprint density at radius 2 is 1.53 bits per heavy atom. The monoisotopic (exact) mass is 243 g/mol. The van der Waals surface area contributed by atoms with E-state index in [1.165, 1.54) is 43.6 Å². The van der Waals surface area contributed by atoms with E-state index in [0.29, 0.717) is 19.6 Å². The second-order valence-electron chi connectivity index (χ2n) is 4.38. The van der Waals surface area contributed by atoms with Gasteiger partial charge in [-0.2, -0.15) is 0 Å². The molecule has 0 aliphatic heterocycles. The molecule has 0 radical (unpaired) electrons. The highest BCUT2D eigenvalue weighted by atomic mass is 16.7. The van der Waals surface area contributed by atoms with Crippen LogP contribution in [0.1, 0.15) is 72.1 Å². The summed E-state index contributed by atoms with van der Waals surface area (Å²) in [5.41, 5.74) is 0. The van der Waals surface area contributed by atoms with Crippen LogP contribution in [0.4, 0.5) is 0 Å². The van der Waals surface area contributed by atoms with Crippen molar-refractivity contribution < 1.29 is 9.63 Å². The third kappa shape index (κ3) is 9.16. The van der Waals surface area contributed by atoms with E-state index in [2.05, 4.69) is 6.92 Å². The van der Waals surface area contributed by atoms with Crippen molar-refractivity contribution in [2.24, 2.45) is 0 Å². The lowest BCUT2D eigenvalue weighted by molar-refractivity contribution is -0.183. The van der Waals surface area contributed by atoms with Crippen molar-refractivity contribution in [2.75, 3.05) is 13.2 Å². The van der Waals surface area contributed by atoms with Gasteiger partial charge in [-0.05, 0) is 20.3 Å². The van der Waals surface area contributed by atoms with E-state index in [0.717, 1.165) is 6.42 Å². The zero-order chi connectivity index (χ0) is 12.9. The van der Waals surface area contributed by atoms with Crippen molar-refractivity contribution >= 4 is 5.91 Å². The van der Waals surface area contributed by atoms with E-state index in [4.69, 9.17) is 4.84 Å². The molecule has 0 aromatic heterocycles. The van der Waals surface area contributed by atoms with Gasteiger partial charge in [0.05, 0.1) is 6.61 Å². The smallest absolute Gasteiger partial charge is 0.246 e. The molecule has 0 aliphatic carbocycles. The number of carbonyl (C=O) groups is 1. The second-order valence-corrected chi connectivity index (χ2v) is 4.38. The van der Waals surface area contributed by atoms with Gasteiger partial charge in [-0.25, -0.2) is 5.06 Å². The van der Waals surface area contributed by atoms with Gasteiger partial charge in [0.2, 0.25) is 5.91 Å².